The highest BCUT2D eigenvalue weighted by molar-refractivity contribution is 14.0. The number of nitrogens with one attached hydrogen (secondary N) is 1. The molecule has 28 heavy (non-hydrogen) atoms. The van der Waals surface area contributed by atoms with E-state index >= 15 is 0 Å². The number of hydrogen-bond donors (Lipinski definition) is 1. The summed E-state index contributed by atoms with van der Waals surface area (Å²) in [6, 6.07) is 10.7. The molecular weight excluding hydrogens is 463 g/mol. The van der Waals surface area contributed by atoms with Crippen molar-refractivity contribution in [2.75, 3.05) is 39.3 Å². The molecule has 0 aliphatic carbocycles. The normalized spacial score (nSPS) is 15.4. The summed E-state index contributed by atoms with van der Waals surface area (Å²) in [5, 5.41) is 7.79. The third kappa shape index (κ3) is 7.09. The number of piperazine rings is 1. The molecule has 0 radical (unpaired) electrons. The van der Waals surface area contributed by atoms with Crippen LogP contribution in [0.5, 0.6) is 0 Å². The highest BCUT2D eigenvalue weighted by Gasteiger charge is 2.19. The van der Waals surface area contributed by atoms with Crippen molar-refractivity contribution in [2.45, 2.75) is 33.4 Å². The molecule has 1 aliphatic heterocycles. The van der Waals surface area contributed by atoms with Gasteiger partial charge in [0.1, 0.15) is 0 Å². The summed E-state index contributed by atoms with van der Waals surface area (Å²) in [6.45, 7) is 12.1. The zero-order valence-corrected chi connectivity index (χ0v) is 19.4. The Morgan fingerprint density at radius 3 is 2.54 bits per heavy atom. The minimum Gasteiger partial charge on any atom is -0.357 e. The van der Waals surface area contributed by atoms with Crippen LogP contribution in [0.4, 0.5) is 0 Å². The first-order valence-electron chi connectivity index (χ1n) is 10.0. The second-order valence-electron chi connectivity index (χ2n) is 7.12. The molecule has 2 heterocycles. The van der Waals surface area contributed by atoms with Gasteiger partial charge in [-0.15, -0.1) is 24.0 Å². The Hall–Kier alpha value is -1.61. The molecule has 154 valence electrons. The van der Waals surface area contributed by atoms with Gasteiger partial charge in [-0.2, -0.15) is 5.10 Å². The van der Waals surface area contributed by atoms with Crippen LogP contribution < -0.4 is 5.32 Å². The van der Waals surface area contributed by atoms with E-state index in [0.717, 1.165) is 64.7 Å². The summed E-state index contributed by atoms with van der Waals surface area (Å²) >= 11 is 0. The van der Waals surface area contributed by atoms with E-state index in [9.17, 15) is 0 Å². The third-order valence-electron chi connectivity index (χ3n) is 4.82. The molecule has 1 N–H and O–H groups in total. The standard InChI is InChI=1S/C21H32N6.HI/c1-3-22-21(23-10-7-11-27-17-19(2)16-24-27)26-14-12-25(13-15-26)18-20-8-5-4-6-9-20;/h4-6,8-9,16-17H,3,7,10-15,18H2,1-2H3,(H,22,23);1H. The average molecular weight is 496 g/mol. The molecule has 0 atom stereocenters. The van der Waals surface area contributed by atoms with E-state index in [1.807, 2.05) is 10.9 Å². The maximum atomic E-state index is 4.84. The molecule has 0 saturated carbocycles. The molecule has 1 fully saturated rings. The number of halogens is 1. The van der Waals surface area contributed by atoms with Gasteiger partial charge in [-0.1, -0.05) is 30.3 Å². The van der Waals surface area contributed by atoms with Crippen molar-refractivity contribution in [3.05, 3.63) is 53.9 Å². The van der Waals surface area contributed by atoms with Crippen LogP contribution in [0.2, 0.25) is 0 Å². The van der Waals surface area contributed by atoms with Gasteiger partial charge >= 0.3 is 0 Å². The maximum Gasteiger partial charge on any atom is 0.194 e. The molecule has 2 aromatic rings. The van der Waals surface area contributed by atoms with Gasteiger partial charge in [-0.3, -0.25) is 14.6 Å². The molecular formula is C21H33IN6. The quantitative estimate of drug-likeness (QED) is 0.277. The lowest BCUT2D eigenvalue weighted by molar-refractivity contribution is 0.172. The molecule has 0 unspecified atom stereocenters. The van der Waals surface area contributed by atoms with Gasteiger partial charge in [0.15, 0.2) is 5.96 Å². The van der Waals surface area contributed by atoms with Crippen LogP contribution in [-0.4, -0.2) is 64.8 Å². The third-order valence-corrected chi connectivity index (χ3v) is 4.82. The van der Waals surface area contributed by atoms with E-state index in [0.29, 0.717) is 0 Å². The molecule has 0 bridgehead atoms. The largest absolute Gasteiger partial charge is 0.357 e. The number of nitrogens with zero attached hydrogens (tertiary/aromatic N) is 5. The van der Waals surface area contributed by atoms with Crippen molar-refractivity contribution in [3.8, 4) is 0 Å². The van der Waals surface area contributed by atoms with E-state index in [2.05, 4.69) is 70.6 Å². The maximum absolute atomic E-state index is 4.84. The molecule has 1 aliphatic rings. The molecule has 1 saturated heterocycles. The zero-order chi connectivity index (χ0) is 18.9. The summed E-state index contributed by atoms with van der Waals surface area (Å²) in [5.74, 6) is 1.05. The van der Waals surface area contributed by atoms with E-state index in [1.165, 1.54) is 11.1 Å². The minimum atomic E-state index is 0. The Labute approximate surface area is 186 Å². The number of aliphatic imine (C=N–C) groups is 1. The lowest BCUT2D eigenvalue weighted by atomic mass is 10.2. The lowest BCUT2D eigenvalue weighted by Crippen LogP contribution is -2.52. The van der Waals surface area contributed by atoms with Gasteiger partial charge in [0.25, 0.3) is 0 Å². The monoisotopic (exact) mass is 496 g/mol. The van der Waals surface area contributed by atoms with Crippen molar-refractivity contribution in [1.29, 1.82) is 0 Å². The number of guanidine groups is 1. The molecule has 6 nitrogen and oxygen atoms in total. The Morgan fingerprint density at radius 2 is 1.89 bits per heavy atom. The first-order valence-corrected chi connectivity index (χ1v) is 10.0. The molecule has 1 aromatic carbocycles. The van der Waals surface area contributed by atoms with Crippen LogP contribution in [0.15, 0.2) is 47.7 Å². The lowest BCUT2D eigenvalue weighted by Gasteiger charge is -2.36. The number of aryl methyl sites for hydroxylation is 2. The fourth-order valence-electron chi connectivity index (χ4n) is 3.39. The minimum absolute atomic E-state index is 0. The Kier molecular flexibility index (Phi) is 9.77. The number of aromatic nitrogens is 2. The summed E-state index contributed by atoms with van der Waals surface area (Å²) in [6.07, 6.45) is 4.99. The molecule has 3 rings (SSSR count). The average Bonchev–Trinajstić information content (AvgIpc) is 3.11. The first-order chi connectivity index (χ1) is 13.2. The fourth-order valence-corrected chi connectivity index (χ4v) is 3.39. The second-order valence-corrected chi connectivity index (χ2v) is 7.12. The Balaban J connectivity index is 0.00000280. The van der Waals surface area contributed by atoms with Gasteiger partial charge < -0.3 is 10.2 Å². The molecule has 1 aromatic heterocycles. The smallest absolute Gasteiger partial charge is 0.194 e. The number of benzene rings is 1. The van der Waals surface area contributed by atoms with E-state index < -0.39 is 0 Å². The summed E-state index contributed by atoms with van der Waals surface area (Å²) in [4.78, 5) is 9.76. The van der Waals surface area contributed by atoms with E-state index in [1.54, 1.807) is 0 Å². The van der Waals surface area contributed by atoms with Crippen LogP contribution in [0, 0.1) is 6.92 Å². The van der Waals surface area contributed by atoms with Crippen molar-refractivity contribution < 1.29 is 0 Å². The highest BCUT2D eigenvalue weighted by atomic mass is 127. The van der Waals surface area contributed by atoms with Crippen molar-refractivity contribution in [1.82, 2.24) is 24.9 Å². The van der Waals surface area contributed by atoms with Crippen molar-refractivity contribution in [2.24, 2.45) is 4.99 Å². The van der Waals surface area contributed by atoms with Crippen LogP contribution in [-0.2, 0) is 13.1 Å². The first kappa shape index (κ1) is 22.7. The van der Waals surface area contributed by atoms with Gasteiger partial charge in [0.05, 0.1) is 6.20 Å². The fraction of sp³-hybridized carbons (Fsp3) is 0.524. The van der Waals surface area contributed by atoms with Crippen molar-refractivity contribution >= 4 is 29.9 Å². The summed E-state index contributed by atoms with van der Waals surface area (Å²) < 4.78 is 2.00. The molecule has 0 amide bonds. The molecule has 0 spiro atoms. The highest BCUT2D eigenvalue weighted by Crippen LogP contribution is 2.08. The van der Waals surface area contributed by atoms with E-state index in [-0.39, 0.29) is 24.0 Å². The van der Waals surface area contributed by atoms with Crippen LogP contribution in [0.3, 0.4) is 0 Å². The zero-order valence-electron chi connectivity index (χ0n) is 17.0. The van der Waals surface area contributed by atoms with Crippen molar-refractivity contribution in [3.63, 3.8) is 0 Å². The number of rotatable bonds is 7. The Bertz CT molecular complexity index is 707. The van der Waals surface area contributed by atoms with Crippen LogP contribution >= 0.6 is 24.0 Å². The second kappa shape index (κ2) is 12.1. The van der Waals surface area contributed by atoms with Gasteiger partial charge in [0, 0.05) is 58.6 Å². The van der Waals surface area contributed by atoms with Gasteiger partial charge in [-0.25, -0.2) is 0 Å². The van der Waals surface area contributed by atoms with Crippen LogP contribution in [0.25, 0.3) is 0 Å². The summed E-state index contributed by atoms with van der Waals surface area (Å²) in [5.41, 5.74) is 2.60. The van der Waals surface area contributed by atoms with E-state index in [4.69, 9.17) is 4.99 Å². The summed E-state index contributed by atoms with van der Waals surface area (Å²) in [7, 11) is 0. The van der Waals surface area contributed by atoms with Crippen LogP contribution in [0.1, 0.15) is 24.5 Å². The SMILES string of the molecule is CCNC(=NCCCn1cc(C)cn1)N1CCN(Cc2ccccc2)CC1.I. The Morgan fingerprint density at radius 1 is 1.14 bits per heavy atom. The number of hydrogen-bond acceptors (Lipinski definition) is 3. The van der Waals surface area contributed by atoms with Gasteiger partial charge in [-0.05, 0) is 31.4 Å². The predicted molar refractivity (Wildman–Crippen MR) is 126 cm³/mol. The molecule has 7 heteroatoms. The van der Waals surface area contributed by atoms with Gasteiger partial charge in [0.2, 0.25) is 0 Å². The topological polar surface area (TPSA) is 48.7 Å². The predicted octanol–water partition coefficient (Wildman–Crippen LogP) is 2.98.